The van der Waals surface area contributed by atoms with Crippen molar-refractivity contribution in [3.8, 4) is 0 Å². The van der Waals surface area contributed by atoms with Gasteiger partial charge in [-0.3, -0.25) is 9.59 Å². The van der Waals surface area contributed by atoms with Gasteiger partial charge in [0, 0.05) is 0 Å². The summed E-state index contributed by atoms with van der Waals surface area (Å²) in [6.07, 6.45) is -17.7. The van der Waals surface area contributed by atoms with E-state index in [9.17, 15) is 71.1 Å². The van der Waals surface area contributed by atoms with Crippen molar-refractivity contribution in [3.63, 3.8) is 0 Å². The Morgan fingerprint density at radius 2 is 0.680 bits per heavy atom. The summed E-state index contributed by atoms with van der Waals surface area (Å²) in [7, 11) is 0. The van der Waals surface area contributed by atoms with E-state index in [0.717, 1.165) is 0 Å². The molecule has 0 fully saturated rings. The molecule has 0 aliphatic heterocycles. The first-order valence-electron chi connectivity index (χ1n) is 5.26. The molecule has 0 atom stereocenters. The number of carbonyl (C=O) groups is 2. The highest BCUT2D eigenvalue weighted by atomic mass is 19.4. The third-order valence-corrected chi connectivity index (χ3v) is 2.52. The van der Waals surface area contributed by atoms with Gasteiger partial charge in [0.1, 0.15) is 0 Å². The monoisotopic (exact) mass is 408 g/mol. The fraction of sp³-hybridized carbons (Fsp3) is 0.778. The van der Waals surface area contributed by atoms with Gasteiger partial charge in [-0.15, -0.1) is 0 Å². The van der Waals surface area contributed by atoms with Crippen molar-refractivity contribution >= 4 is 11.6 Å². The second-order valence-corrected chi connectivity index (χ2v) is 4.32. The van der Waals surface area contributed by atoms with Crippen molar-refractivity contribution in [2.45, 2.75) is 42.5 Å². The summed E-state index contributed by atoms with van der Waals surface area (Å²) in [4.78, 5) is 21.2. The minimum absolute atomic E-state index is 3.45. The van der Waals surface area contributed by atoms with Gasteiger partial charge in [0.25, 0.3) is 0 Å². The van der Waals surface area contributed by atoms with Crippen LogP contribution in [0.4, 0.5) is 61.5 Å². The number of halogens is 14. The van der Waals surface area contributed by atoms with Gasteiger partial charge < -0.3 is 0 Å². The molecule has 0 aliphatic carbocycles. The van der Waals surface area contributed by atoms with E-state index in [0.29, 0.717) is 0 Å². The van der Waals surface area contributed by atoms with Gasteiger partial charge in [-0.2, -0.15) is 61.5 Å². The maximum absolute atomic E-state index is 12.7. The molecule has 0 heterocycles. The summed E-state index contributed by atoms with van der Waals surface area (Å²) in [5, 5.41) is 0. The normalized spacial score (nSPS) is 15.3. The SMILES string of the molecule is O=C(CC(=O)C(F)(F)C(F)(F)C(F)(F)F)C(F)(F)C(F)(F)C(F)(F)F. The highest BCUT2D eigenvalue weighted by Crippen LogP contribution is 2.49. The van der Waals surface area contributed by atoms with Crippen molar-refractivity contribution < 1.29 is 71.1 Å². The Labute approximate surface area is 126 Å². The lowest BCUT2D eigenvalue weighted by atomic mass is 9.97. The van der Waals surface area contributed by atoms with Crippen molar-refractivity contribution in [3.05, 3.63) is 0 Å². The summed E-state index contributed by atoms with van der Waals surface area (Å²) in [5.74, 6) is -36.1. The molecule has 0 radical (unpaired) electrons. The first-order chi connectivity index (χ1) is 10.5. The molecular formula is C9H2F14O2. The highest BCUT2D eigenvalue weighted by Gasteiger charge is 2.78. The van der Waals surface area contributed by atoms with Gasteiger partial charge in [0.05, 0.1) is 6.42 Å². The quantitative estimate of drug-likeness (QED) is 0.488. The van der Waals surface area contributed by atoms with Crippen LogP contribution in [0.15, 0.2) is 0 Å². The number of hydrogen-bond acceptors (Lipinski definition) is 2. The molecule has 0 bridgehead atoms. The Morgan fingerprint density at radius 1 is 0.480 bits per heavy atom. The van der Waals surface area contributed by atoms with E-state index in [1.165, 1.54) is 0 Å². The lowest BCUT2D eigenvalue weighted by Crippen LogP contribution is -2.59. The number of rotatable bonds is 6. The molecule has 0 spiro atoms. The number of ketones is 2. The van der Waals surface area contributed by atoms with Crippen LogP contribution in [0.1, 0.15) is 6.42 Å². The summed E-state index contributed by atoms with van der Waals surface area (Å²) >= 11 is 0. The average Bonchev–Trinajstić information content (AvgIpc) is 2.34. The van der Waals surface area contributed by atoms with E-state index >= 15 is 0 Å². The summed E-state index contributed by atoms with van der Waals surface area (Å²) in [6.45, 7) is 0. The van der Waals surface area contributed by atoms with Gasteiger partial charge in [0.2, 0.25) is 11.6 Å². The Morgan fingerprint density at radius 3 is 0.840 bits per heavy atom. The molecule has 0 saturated heterocycles. The predicted molar refractivity (Wildman–Crippen MR) is 46.5 cm³/mol. The van der Waals surface area contributed by atoms with Crippen molar-refractivity contribution in [2.24, 2.45) is 0 Å². The third-order valence-electron chi connectivity index (χ3n) is 2.52. The van der Waals surface area contributed by atoms with Crippen molar-refractivity contribution in [1.29, 1.82) is 0 Å². The fourth-order valence-electron chi connectivity index (χ4n) is 1.07. The summed E-state index contributed by atoms with van der Waals surface area (Å²) in [6, 6.07) is 0. The van der Waals surface area contributed by atoms with Crippen LogP contribution in [-0.2, 0) is 9.59 Å². The zero-order valence-electron chi connectivity index (χ0n) is 10.8. The molecule has 0 unspecified atom stereocenters. The van der Waals surface area contributed by atoms with Gasteiger partial charge in [-0.05, 0) is 0 Å². The van der Waals surface area contributed by atoms with Crippen LogP contribution in [0.2, 0.25) is 0 Å². The number of carbonyl (C=O) groups excluding carboxylic acids is 2. The number of Topliss-reactive ketones (excluding diaryl/α,β-unsaturated/α-hetero) is 2. The van der Waals surface area contributed by atoms with Gasteiger partial charge in [0.15, 0.2) is 0 Å². The van der Waals surface area contributed by atoms with Gasteiger partial charge in [-0.25, -0.2) is 0 Å². The van der Waals surface area contributed by atoms with Crippen molar-refractivity contribution in [2.75, 3.05) is 0 Å². The first kappa shape index (κ1) is 23.4. The molecule has 0 saturated carbocycles. The van der Waals surface area contributed by atoms with E-state index < -0.39 is 54.0 Å². The lowest BCUT2D eigenvalue weighted by molar-refractivity contribution is -0.346. The molecule has 0 aromatic heterocycles. The maximum Gasteiger partial charge on any atom is 0.460 e. The second-order valence-electron chi connectivity index (χ2n) is 4.32. The summed E-state index contributed by atoms with van der Waals surface area (Å²) in [5.41, 5.74) is 0. The standard InChI is InChI=1S/C9H2F14O2/c10-4(11,6(14,15)8(18,19)20)2(24)1-3(25)5(12,13)7(16,17)9(21,22)23/h1H2. The third kappa shape index (κ3) is 3.65. The Balaban J connectivity index is 5.68. The maximum atomic E-state index is 12.7. The highest BCUT2D eigenvalue weighted by molar-refractivity contribution is 6.05. The first-order valence-corrected chi connectivity index (χ1v) is 5.26. The number of alkyl halides is 14. The van der Waals surface area contributed by atoms with Crippen LogP contribution in [-0.4, -0.2) is 47.6 Å². The zero-order valence-corrected chi connectivity index (χ0v) is 10.8. The Kier molecular flexibility index (Phi) is 5.57. The molecule has 0 rings (SSSR count). The predicted octanol–water partition coefficient (Wildman–Crippen LogP) is 4.18. The van der Waals surface area contributed by atoms with Crippen LogP contribution in [0.25, 0.3) is 0 Å². The molecule has 0 N–H and O–H groups in total. The molecule has 0 aromatic rings. The second kappa shape index (κ2) is 5.96. The minimum atomic E-state index is -7.21. The average molecular weight is 408 g/mol. The Hall–Kier alpha value is -1.64. The molecule has 2 nitrogen and oxygen atoms in total. The van der Waals surface area contributed by atoms with E-state index in [1.807, 2.05) is 0 Å². The van der Waals surface area contributed by atoms with Crippen LogP contribution in [0.5, 0.6) is 0 Å². The summed E-state index contributed by atoms with van der Waals surface area (Å²) < 4.78 is 171. The van der Waals surface area contributed by atoms with Gasteiger partial charge >= 0.3 is 36.0 Å². The van der Waals surface area contributed by atoms with E-state index in [1.54, 1.807) is 0 Å². The van der Waals surface area contributed by atoms with E-state index in [4.69, 9.17) is 0 Å². The van der Waals surface area contributed by atoms with Crippen LogP contribution >= 0.6 is 0 Å². The smallest absolute Gasteiger partial charge is 0.292 e. The Bertz CT molecular complexity index is 491. The van der Waals surface area contributed by atoms with E-state index in [-0.39, 0.29) is 0 Å². The van der Waals surface area contributed by atoms with Crippen LogP contribution in [0.3, 0.4) is 0 Å². The molecule has 0 aromatic carbocycles. The minimum Gasteiger partial charge on any atom is -0.292 e. The van der Waals surface area contributed by atoms with Crippen LogP contribution < -0.4 is 0 Å². The van der Waals surface area contributed by atoms with Crippen LogP contribution in [0, 0.1) is 0 Å². The molecule has 148 valence electrons. The zero-order chi connectivity index (χ0) is 20.9. The number of hydrogen-bond donors (Lipinski definition) is 0. The molecule has 0 aliphatic rings. The molecule has 0 amide bonds. The van der Waals surface area contributed by atoms with E-state index in [2.05, 4.69) is 0 Å². The fourth-order valence-corrected chi connectivity index (χ4v) is 1.07. The lowest BCUT2D eigenvalue weighted by Gasteiger charge is -2.29. The van der Waals surface area contributed by atoms with Crippen molar-refractivity contribution in [1.82, 2.24) is 0 Å². The topological polar surface area (TPSA) is 34.1 Å². The molecular weight excluding hydrogens is 406 g/mol. The molecule has 16 heteroatoms. The largest absolute Gasteiger partial charge is 0.460 e. The van der Waals surface area contributed by atoms with Gasteiger partial charge in [-0.1, -0.05) is 0 Å². The molecule has 25 heavy (non-hydrogen) atoms.